The van der Waals surface area contributed by atoms with E-state index in [2.05, 4.69) is 25.9 Å². The number of carboxylic acid groups (broad SMARTS) is 2. The van der Waals surface area contributed by atoms with E-state index in [1.807, 2.05) is 0 Å². The first-order valence-corrected chi connectivity index (χ1v) is 6.57. The summed E-state index contributed by atoms with van der Waals surface area (Å²) >= 11 is 0. The highest BCUT2D eigenvalue weighted by molar-refractivity contribution is 5.53. The summed E-state index contributed by atoms with van der Waals surface area (Å²) in [6.45, 7) is 3.53. The van der Waals surface area contributed by atoms with Gasteiger partial charge in [-0.3, -0.25) is 0 Å². The summed E-state index contributed by atoms with van der Waals surface area (Å²) in [4.78, 5) is 10.8. The van der Waals surface area contributed by atoms with Gasteiger partial charge in [-0.15, -0.1) is 0 Å². The Bertz CT molecular complexity index is 157. The molecular formula is C13H29NO3. The lowest BCUT2D eigenvalue weighted by molar-refractivity contribution is 0.137. The minimum atomic E-state index is -1.83. The monoisotopic (exact) mass is 247 g/mol. The number of unbranched alkanes of at least 4 members (excludes halogenated alkanes) is 7. The molecule has 0 bridgehead atoms. The fraction of sp³-hybridized carbons (Fsp3) is 0.923. The molecule has 0 fully saturated rings. The van der Waals surface area contributed by atoms with Gasteiger partial charge < -0.3 is 15.1 Å². The Hall–Kier alpha value is -0.770. The number of nitrogens with zero attached hydrogens (tertiary/aromatic N) is 1. The maximum atomic E-state index is 8.56. The molecule has 0 heterocycles. The van der Waals surface area contributed by atoms with Gasteiger partial charge in [-0.1, -0.05) is 51.9 Å². The first-order chi connectivity index (χ1) is 8.00. The molecule has 0 atom stereocenters. The van der Waals surface area contributed by atoms with Gasteiger partial charge in [0.2, 0.25) is 0 Å². The zero-order valence-electron chi connectivity index (χ0n) is 11.6. The van der Waals surface area contributed by atoms with E-state index < -0.39 is 6.16 Å². The zero-order chi connectivity index (χ0) is 13.5. The molecule has 0 aliphatic carbocycles. The van der Waals surface area contributed by atoms with E-state index in [-0.39, 0.29) is 0 Å². The second kappa shape index (κ2) is 15.2. The Balaban J connectivity index is 0. The Kier molecular flexibility index (Phi) is 16.7. The van der Waals surface area contributed by atoms with Crippen molar-refractivity contribution >= 4 is 6.16 Å². The predicted octanol–water partition coefficient (Wildman–Crippen LogP) is 3.91. The summed E-state index contributed by atoms with van der Waals surface area (Å²) in [5.41, 5.74) is 0. The van der Waals surface area contributed by atoms with Crippen molar-refractivity contribution in [1.29, 1.82) is 0 Å². The molecule has 0 aliphatic heterocycles. The summed E-state index contributed by atoms with van der Waals surface area (Å²) in [5, 5.41) is 13.9. The third kappa shape index (κ3) is 31.3. The quantitative estimate of drug-likeness (QED) is 0.606. The largest absolute Gasteiger partial charge is 0.503 e. The second-order valence-electron chi connectivity index (χ2n) is 4.56. The molecule has 4 nitrogen and oxygen atoms in total. The van der Waals surface area contributed by atoms with E-state index in [0.717, 1.165) is 0 Å². The molecule has 17 heavy (non-hydrogen) atoms. The van der Waals surface area contributed by atoms with Crippen LogP contribution in [0.25, 0.3) is 0 Å². The second-order valence-corrected chi connectivity index (χ2v) is 4.56. The van der Waals surface area contributed by atoms with Crippen molar-refractivity contribution in [2.45, 2.75) is 58.3 Å². The maximum Gasteiger partial charge on any atom is 0.503 e. The molecule has 0 unspecified atom stereocenters. The van der Waals surface area contributed by atoms with Crippen molar-refractivity contribution in [3.8, 4) is 0 Å². The highest BCUT2D eigenvalue weighted by Crippen LogP contribution is 2.08. The van der Waals surface area contributed by atoms with Gasteiger partial charge in [0.25, 0.3) is 0 Å². The Morgan fingerprint density at radius 2 is 1.24 bits per heavy atom. The van der Waals surface area contributed by atoms with Crippen molar-refractivity contribution in [3.05, 3.63) is 0 Å². The normalized spacial score (nSPS) is 9.88. The van der Waals surface area contributed by atoms with Gasteiger partial charge in [0.15, 0.2) is 0 Å². The molecule has 0 aromatic heterocycles. The van der Waals surface area contributed by atoms with Crippen molar-refractivity contribution in [2.24, 2.45) is 0 Å². The lowest BCUT2D eigenvalue weighted by atomic mass is 10.1. The maximum absolute atomic E-state index is 8.56. The molecule has 0 aliphatic rings. The molecule has 0 saturated heterocycles. The lowest BCUT2D eigenvalue weighted by Gasteiger charge is -2.08. The fourth-order valence-electron chi connectivity index (χ4n) is 1.56. The van der Waals surface area contributed by atoms with Crippen LogP contribution >= 0.6 is 0 Å². The smallest absolute Gasteiger partial charge is 0.450 e. The van der Waals surface area contributed by atoms with Gasteiger partial charge >= 0.3 is 6.16 Å². The van der Waals surface area contributed by atoms with E-state index in [0.29, 0.717) is 0 Å². The van der Waals surface area contributed by atoms with Crippen LogP contribution in [0.15, 0.2) is 0 Å². The number of hydrogen-bond acceptors (Lipinski definition) is 2. The molecule has 2 N–H and O–H groups in total. The SMILES string of the molecule is CCCCCCCCCCN(C)C.O=C(O)O. The molecular weight excluding hydrogens is 218 g/mol. The van der Waals surface area contributed by atoms with Crippen molar-refractivity contribution < 1.29 is 15.0 Å². The summed E-state index contributed by atoms with van der Waals surface area (Å²) in [6.07, 6.45) is 9.55. The van der Waals surface area contributed by atoms with E-state index >= 15 is 0 Å². The van der Waals surface area contributed by atoms with Gasteiger partial charge in [-0.2, -0.15) is 0 Å². The van der Waals surface area contributed by atoms with Crippen LogP contribution in [-0.4, -0.2) is 41.9 Å². The molecule has 0 saturated carbocycles. The van der Waals surface area contributed by atoms with Crippen molar-refractivity contribution in [2.75, 3.05) is 20.6 Å². The summed E-state index contributed by atoms with van der Waals surface area (Å²) in [5.74, 6) is 0. The van der Waals surface area contributed by atoms with Gasteiger partial charge in [0, 0.05) is 0 Å². The highest BCUT2D eigenvalue weighted by atomic mass is 16.6. The van der Waals surface area contributed by atoms with Crippen LogP contribution in [0.1, 0.15) is 58.3 Å². The van der Waals surface area contributed by atoms with Gasteiger partial charge in [-0.05, 0) is 27.1 Å². The average molecular weight is 247 g/mol. The molecule has 4 heteroatoms. The topological polar surface area (TPSA) is 60.8 Å². The molecule has 0 radical (unpaired) electrons. The van der Waals surface area contributed by atoms with Gasteiger partial charge in [-0.25, -0.2) is 4.79 Å². The minimum Gasteiger partial charge on any atom is -0.450 e. The molecule has 104 valence electrons. The van der Waals surface area contributed by atoms with Crippen molar-refractivity contribution in [1.82, 2.24) is 4.90 Å². The minimum absolute atomic E-state index is 1.26. The van der Waals surface area contributed by atoms with Crippen LogP contribution in [0.5, 0.6) is 0 Å². The van der Waals surface area contributed by atoms with Crippen LogP contribution in [0, 0.1) is 0 Å². The highest BCUT2D eigenvalue weighted by Gasteiger charge is 1.92. The molecule has 0 rings (SSSR count). The number of rotatable bonds is 9. The molecule has 0 aromatic rings. The van der Waals surface area contributed by atoms with Crippen LogP contribution in [0.3, 0.4) is 0 Å². The summed E-state index contributed by atoms with van der Waals surface area (Å²) < 4.78 is 0. The van der Waals surface area contributed by atoms with Gasteiger partial charge in [0.05, 0.1) is 0 Å². The van der Waals surface area contributed by atoms with Crippen LogP contribution in [0.2, 0.25) is 0 Å². The fourth-order valence-corrected chi connectivity index (χ4v) is 1.56. The summed E-state index contributed by atoms with van der Waals surface area (Å²) in [7, 11) is 4.31. The van der Waals surface area contributed by atoms with Crippen LogP contribution < -0.4 is 0 Å². The van der Waals surface area contributed by atoms with E-state index in [4.69, 9.17) is 15.0 Å². The molecule has 0 amide bonds. The third-order valence-corrected chi connectivity index (χ3v) is 2.46. The first kappa shape index (κ1) is 18.6. The van der Waals surface area contributed by atoms with Crippen LogP contribution in [0.4, 0.5) is 4.79 Å². The third-order valence-electron chi connectivity index (χ3n) is 2.46. The predicted molar refractivity (Wildman–Crippen MR) is 71.8 cm³/mol. The van der Waals surface area contributed by atoms with Crippen molar-refractivity contribution in [3.63, 3.8) is 0 Å². The van der Waals surface area contributed by atoms with Crippen LogP contribution in [-0.2, 0) is 0 Å². The lowest BCUT2D eigenvalue weighted by Crippen LogP contribution is -2.12. The van der Waals surface area contributed by atoms with E-state index in [1.54, 1.807) is 0 Å². The Morgan fingerprint density at radius 1 is 0.882 bits per heavy atom. The van der Waals surface area contributed by atoms with E-state index in [1.165, 1.54) is 57.9 Å². The van der Waals surface area contributed by atoms with E-state index in [9.17, 15) is 0 Å². The average Bonchev–Trinajstić information content (AvgIpc) is 2.21. The summed E-state index contributed by atoms with van der Waals surface area (Å²) in [6, 6.07) is 0. The zero-order valence-corrected chi connectivity index (χ0v) is 11.6. The Labute approximate surface area is 106 Å². The number of carbonyl (C=O) groups is 1. The standard InChI is InChI=1S/C12H27N.CH2O3/c1-4-5-6-7-8-9-10-11-12-13(2)3;2-1(3)4/h4-12H2,1-3H3;(H2,2,3,4). The number of hydrogen-bond donors (Lipinski definition) is 2. The molecule has 0 spiro atoms. The van der Waals surface area contributed by atoms with Gasteiger partial charge in [0.1, 0.15) is 0 Å². The Morgan fingerprint density at radius 3 is 1.59 bits per heavy atom. The first-order valence-electron chi connectivity index (χ1n) is 6.57. The molecule has 0 aromatic carbocycles.